The van der Waals surface area contributed by atoms with Crippen LogP contribution in [0.3, 0.4) is 0 Å². The molecule has 0 saturated carbocycles. The number of nitrogens with one attached hydrogen (secondary N) is 1. The van der Waals surface area contributed by atoms with Crippen molar-refractivity contribution in [3.8, 4) is 28.6 Å². The van der Waals surface area contributed by atoms with Gasteiger partial charge in [0, 0.05) is 46.7 Å². The topological polar surface area (TPSA) is 91.2 Å². The SMILES string of the molecule is COc1ccc(NC(=O)c2ccc(CSc3nnc(-c4ccncc4)n3-c3ccc(C)cc3)cc2)cc1OC. The van der Waals surface area contributed by atoms with Crippen LogP contribution in [0.1, 0.15) is 21.5 Å². The van der Waals surface area contributed by atoms with E-state index < -0.39 is 0 Å². The van der Waals surface area contributed by atoms with Crippen LogP contribution in [0.5, 0.6) is 11.5 Å². The van der Waals surface area contributed by atoms with Crippen molar-refractivity contribution in [1.82, 2.24) is 19.7 Å². The van der Waals surface area contributed by atoms with Crippen LogP contribution in [0.15, 0.2) is 96.4 Å². The van der Waals surface area contributed by atoms with Crippen molar-refractivity contribution in [3.63, 3.8) is 0 Å². The van der Waals surface area contributed by atoms with Gasteiger partial charge in [-0.05, 0) is 61.0 Å². The molecule has 0 aliphatic heterocycles. The molecule has 0 fully saturated rings. The molecule has 0 atom stereocenters. The van der Waals surface area contributed by atoms with E-state index in [0.29, 0.717) is 28.5 Å². The van der Waals surface area contributed by atoms with Crippen molar-refractivity contribution in [2.24, 2.45) is 0 Å². The van der Waals surface area contributed by atoms with Gasteiger partial charge >= 0.3 is 0 Å². The van der Waals surface area contributed by atoms with Gasteiger partial charge in [-0.15, -0.1) is 10.2 Å². The van der Waals surface area contributed by atoms with Crippen LogP contribution >= 0.6 is 11.8 Å². The lowest BCUT2D eigenvalue weighted by atomic mass is 10.1. The Morgan fingerprint density at radius 3 is 2.28 bits per heavy atom. The quantitative estimate of drug-likeness (QED) is 0.224. The first-order valence-corrected chi connectivity index (χ1v) is 13.2. The highest BCUT2D eigenvalue weighted by Gasteiger charge is 2.17. The fraction of sp³-hybridized carbons (Fsp3) is 0.133. The van der Waals surface area contributed by atoms with Gasteiger partial charge in [-0.25, -0.2) is 0 Å². The van der Waals surface area contributed by atoms with E-state index in [4.69, 9.17) is 9.47 Å². The minimum absolute atomic E-state index is 0.206. The zero-order chi connectivity index (χ0) is 27.2. The summed E-state index contributed by atoms with van der Waals surface area (Å²) in [5, 5.41) is 12.7. The van der Waals surface area contributed by atoms with Crippen LogP contribution in [0.25, 0.3) is 17.1 Å². The second kappa shape index (κ2) is 11.8. The van der Waals surface area contributed by atoms with Gasteiger partial charge in [0.15, 0.2) is 22.5 Å². The number of hydrogen-bond acceptors (Lipinski definition) is 7. The first-order valence-electron chi connectivity index (χ1n) is 12.2. The molecular weight excluding hydrogens is 510 g/mol. The molecule has 3 aromatic carbocycles. The smallest absolute Gasteiger partial charge is 0.255 e. The summed E-state index contributed by atoms with van der Waals surface area (Å²) >= 11 is 1.59. The average Bonchev–Trinajstić information content (AvgIpc) is 3.41. The Balaban J connectivity index is 1.31. The number of pyridine rings is 1. The van der Waals surface area contributed by atoms with E-state index in [1.165, 1.54) is 5.56 Å². The number of thioether (sulfide) groups is 1. The van der Waals surface area contributed by atoms with Crippen LogP contribution < -0.4 is 14.8 Å². The highest BCUT2D eigenvalue weighted by molar-refractivity contribution is 7.98. The number of aryl methyl sites for hydroxylation is 1. The fourth-order valence-electron chi connectivity index (χ4n) is 4.00. The Labute approximate surface area is 231 Å². The third-order valence-electron chi connectivity index (χ3n) is 6.09. The number of benzene rings is 3. The Morgan fingerprint density at radius 1 is 0.872 bits per heavy atom. The maximum Gasteiger partial charge on any atom is 0.255 e. The van der Waals surface area contributed by atoms with Crippen LogP contribution in [0.2, 0.25) is 0 Å². The molecule has 0 radical (unpaired) electrons. The van der Waals surface area contributed by atoms with Gasteiger partial charge in [0.2, 0.25) is 0 Å². The van der Waals surface area contributed by atoms with Gasteiger partial charge in [-0.2, -0.15) is 0 Å². The summed E-state index contributed by atoms with van der Waals surface area (Å²) in [4.78, 5) is 16.9. The molecule has 9 heteroatoms. The minimum atomic E-state index is -0.206. The van der Waals surface area contributed by atoms with E-state index in [2.05, 4.69) is 56.3 Å². The molecule has 1 N–H and O–H groups in total. The van der Waals surface area contributed by atoms with Gasteiger partial charge in [0.05, 0.1) is 14.2 Å². The lowest BCUT2D eigenvalue weighted by molar-refractivity contribution is 0.102. The van der Waals surface area contributed by atoms with Crippen molar-refractivity contribution in [1.29, 1.82) is 0 Å². The van der Waals surface area contributed by atoms with Gasteiger partial charge in [-0.3, -0.25) is 14.3 Å². The Kier molecular flexibility index (Phi) is 7.88. The monoisotopic (exact) mass is 537 g/mol. The molecule has 5 rings (SSSR count). The summed E-state index contributed by atoms with van der Waals surface area (Å²) < 4.78 is 12.6. The summed E-state index contributed by atoms with van der Waals surface area (Å²) in [6.45, 7) is 2.06. The van der Waals surface area contributed by atoms with Gasteiger partial charge in [0.25, 0.3) is 5.91 Å². The summed E-state index contributed by atoms with van der Waals surface area (Å²) in [5.41, 5.74) is 5.35. The van der Waals surface area contributed by atoms with E-state index >= 15 is 0 Å². The molecule has 0 saturated heterocycles. The van der Waals surface area contributed by atoms with Crippen LogP contribution in [0, 0.1) is 6.92 Å². The van der Waals surface area contributed by atoms with E-state index in [-0.39, 0.29) is 5.91 Å². The molecule has 5 aromatic rings. The van der Waals surface area contributed by atoms with E-state index in [1.54, 1.807) is 56.6 Å². The molecule has 0 aliphatic carbocycles. The lowest BCUT2D eigenvalue weighted by Gasteiger charge is -2.11. The minimum Gasteiger partial charge on any atom is -0.493 e. The standard InChI is InChI=1S/C30H27N5O3S/c1-20-4-11-25(12-5-20)35-28(22-14-16-31-17-15-22)33-34-30(35)39-19-21-6-8-23(9-7-21)29(36)32-24-10-13-26(37-2)27(18-24)38-3/h4-18H,19H2,1-3H3,(H,32,36). The summed E-state index contributed by atoms with van der Waals surface area (Å²) in [6, 6.07) is 24.9. The normalized spacial score (nSPS) is 10.7. The van der Waals surface area contributed by atoms with E-state index in [9.17, 15) is 4.79 Å². The first-order chi connectivity index (χ1) is 19.1. The second-order valence-electron chi connectivity index (χ2n) is 8.72. The van der Waals surface area contributed by atoms with Crippen LogP contribution in [-0.4, -0.2) is 39.9 Å². The van der Waals surface area contributed by atoms with Crippen LogP contribution in [-0.2, 0) is 5.75 Å². The number of rotatable bonds is 9. The zero-order valence-corrected chi connectivity index (χ0v) is 22.6. The Bertz CT molecular complexity index is 1570. The number of ether oxygens (including phenoxy) is 2. The van der Waals surface area contributed by atoms with Crippen molar-refractivity contribution in [2.45, 2.75) is 17.8 Å². The molecule has 1 amide bonds. The molecule has 2 aromatic heterocycles. The maximum atomic E-state index is 12.8. The number of nitrogens with zero attached hydrogens (tertiary/aromatic N) is 4. The van der Waals surface area contributed by atoms with E-state index in [0.717, 1.165) is 27.8 Å². The number of methoxy groups -OCH3 is 2. The predicted molar refractivity (Wildman–Crippen MR) is 153 cm³/mol. The van der Waals surface area contributed by atoms with Crippen molar-refractivity contribution in [2.75, 3.05) is 19.5 Å². The number of aromatic nitrogens is 4. The van der Waals surface area contributed by atoms with Crippen molar-refractivity contribution in [3.05, 3.63) is 108 Å². The van der Waals surface area contributed by atoms with Crippen LogP contribution in [0.4, 0.5) is 5.69 Å². The maximum absolute atomic E-state index is 12.8. The molecule has 39 heavy (non-hydrogen) atoms. The fourth-order valence-corrected chi connectivity index (χ4v) is 4.90. The lowest BCUT2D eigenvalue weighted by Crippen LogP contribution is -2.12. The number of hydrogen-bond donors (Lipinski definition) is 1. The van der Waals surface area contributed by atoms with Gasteiger partial charge in [-0.1, -0.05) is 41.6 Å². The first kappa shape index (κ1) is 26.0. The number of carbonyl (C=O) groups excluding carboxylic acids is 1. The molecule has 0 unspecified atom stereocenters. The number of amides is 1. The third kappa shape index (κ3) is 5.94. The average molecular weight is 538 g/mol. The number of anilines is 1. The van der Waals surface area contributed by atoms with Crippen molar-refractivity contribution >= 4 is 23.4 Å². The highest BCUT2D eigenvalue weighted by Crippen LogP contribution is 2.31. The van der Waals surface area contributed by atoms with Crippen molar-refractivity contribution < 1.29 is 14.3 Å². The largest absolute Gasteiger partial charge is 0.493 e. The zero-order valence-electron chi connectivity index (χ0n) is 21.8. The molecule has 196 valence electrons. The summed E-state index contributed by atoms with van der Waals surface area (Å²) in [7, 11) is 3.13. The van der Waals surface area contributed by atoms with E-state index in [1.807, 2.05) is 36.4 Å². The molecule has 0 aliphatic rings. The predicted octanol–water partition coefficient (Wildman–Crippen LogP) is 6.20. The molecule has 8 nitrogen and oxygen atoms in total. The molecule has 0 spiro atoms. The molecule has 2 heterocycles. The van der Waals surface area contributed by atoms with Gasteiger partial charge < -0.3 is 14.8 Å². The highest BCUT2D eigenvalue weighted by atomic mass is 32.2. The molecule has 0 bridgehead atoms. The summed E-state index contributed by atoms with van der Waals surface area (Å²) in [5.74, 6) is 2.36. The third-order valence-corrected chi connectivity index (χ3v) is 7.09. The second-order valence-corrected chi connectivity index (χ2v) is 9.67. The molecular formula is C30H27N5O3S. The Morgan fingerprint density at radius 2 is 1.59 bits per heavy atom. The summed E-state index contributed by atoms with van der Waals surface area (Å²) in [6.07, 6.45) is 3.50. The Hall–Kier alpha value is -4.63. The van der Waals surface area contributed by atoms with Gasteiger partial charge in [0.1, 0.15) is 0 Å². The number of carbonyl (C=O) groups is 1.